The lowest BCUT2D eigenvalue weighted by Crippen LogP contribution is -2.44. The van der Waals surface area contributed by atoms with Crippen LogP contribution in [0.2, 0.25) is 0 Å². The predicted octanol–water partition coefficient (Wildman–Crippen LogP) is 1.38. The second-order valence-corrected chi connectivity index (χ2v) is 6.93. The molecule has 2 heterocycles. The van der Waals surface area contributed by atoms with Crippen LogP contribution in [0.4, 0.5) is 0 Å². The van der Waals surface area contributed by atoms with Crippen molar-refractivity contribution in [2.75, 3.05) is 0 Å². The number of rotatable bonds is 6. The third-order valence-corrected chi connectivity index (χ3v) is 4.43. The third kappa shape index (κ3) is 3.95. The van der Waals surface area contributed by atoms with E-state index in [0.717, 1.165) is 4.88 Å². The Hall–Kier alpha value is -2.22. The molecule has 1 amide bonds. The number of carboxylic acid groups (broad SMARTS) is 1. The van der Waals surface area contributed by atoms with Crippen LogP contribution in [0, 0.1) is 12.8 Å². The summed E-state index contributed by atoms with van der Waals surface area (Å²) >= 11 is 1.45. The van der Waals surface area contributed by atoms with Gasteiger partial charge >= 0.3 is 5.97 Å². The number of thiophene rings is 1. The van der Waals surface area contributed by atoms with Crippen molar-refractivity contribution in [1.29, 1.82) is 0 Å². The van der Waals surface area contributed by atoms with Gasteiger partial charge in [-0.3, -0.25) is 14.2 Å². The zero-order valence-electron chi connectivity index (χ0n) is 13.2. The summed E-state index contributed by atoms with van der Waals surface area (Å²) in [5.74, 6) is -1.69. The van der Waals surface area contributed by atoms with Crippen LogP contribution < -0.4 is 10.9 Å². The number of aromatic nitrogens is 2. The summed E-state index contributed by atoms with van der Waals surface area (Å²) < 4.78 is 1.37. The van der Waals surface area contributed by atoms with E-state index in [4.69, 9.17) is 5.11 Å². The maximum atomic E-state index is 12.3. The van der Waals surface area contributed by atoms with Crippen LogP contribution >= 0.6 is 11.3 Å². The second-order valence-electron chi connectivity index (χ2n) is 5.70. The van der Waals surface area contributed by atoms with E-state index in [9.17, 15) is 14.4 Å². The molecule has 0 bridgehead atoms. The molecule has 7 nitrogen and oxygen atoms in total. The van der Waals surface area contributed by atoms with Gasteiger partial charge in [-0.2, -0.15) is 0 Å². The molecule has 0 radical (unpaired) electrons. The Bertz CT molecular complexity index is 794. The Balaban J connectivity index is 2.06. The van der Waals surface area contributed by atoms with E-state index >= 15 is 0 Å². The number of carbonyl (C=O) groups excluding carboxylic acids is 1. The molecule has 2 N–H and O–H groups in total. The van der Waals surface area contributed by atoms with Crippen LogP contribution in [-0.2, 0) is 16.1 Å². The lowest BCUT2D eigenvalue weighted by Gasteiger charge is -2.17. The largest absolute Gasteiger partial charge is 0.480 e. The number of fused-ring (bicyclic) bond motifs is 1. The van der Waals surface area contributed by atoms with Gasteiger partial charge in [0.25, 0.3) is 5.56 Å². The first-order valence-electron chi connectivity index (χ1n) is 7.27. The summed E-state index contributed by atoms with van der Waals surface area (Å²) in [7, 11) is 0. The quantitative estimate of drug-likeness (QED) is 0.829. The Morgan fingerprint density at radius 1 is 1.43 bits per heavy atom. The van der Waals surface area contributed by atoms with Gasteiger partial charge in [-0.25, -0.2) is 9.78 Å². The Morgan fingerprint density at radius 2 is 2.13 bits per heavy atom. The van der Waals surface area contributed by atoms with E-state index in [1.54, 1.807) is 19.9 Å². The van der Waals surface area contributed by atoms with E-state index in [2.05, 4.69) is 10.3 Å². The highest BCUT2D eigenvalue weighted by Gasteiger charge is 2.23. The summed E-state index contributed by atoms with van der Waals surface area (Å²) in [6.07, 6.45) is 1.44. The van der Waals surface area contributed by atoms with Crippen LogP contribution in [0.15, 0.2) is 17.2 Å². The van der Waals surface area contributed by atoms with Gasteiger partial charge in [-0.1, -0.05) is 13.8 Å². The zero-order chi connectivity index (χ0) is 17.1. The summed E-state index contributed by atoms with van der Waals surface area (Å²) in [5, 5.41) is 12.1. The van der Waals surface area contributed by atoms with E-state index in [-0.39, 0.29) is 24.4 Å². The van der Waals surface area contributed by atoms with Crippen LogP contribution in [0.5, 0.6) is 0 Å². The van der Waals surface area contributed by atoms with Crippen LogP contribution in [-0.4, -0.2) is 32.6 Å². The van der Waals surface area contributed by atoms with Gasteiger partial charge in [0.2, 0.25) is 5.91 Å². The molecule has 0 aliphatic carbocycles. The SMILES string of the molecule is Cc1cc2c(=O)n(CCC(=O)NC(C(=O)O)C(C)C)cnc2s1. The molecular formula is C15H19N3O4S. The molecular weight excluding hydrogens is 318 g/mol. The summed E-state index contributed by atoms with van der Waals surface area (Å²) in [6.45, 7) is 5.51. The van der Waals surface area contributed by atoms with Gasteiger partial charge in [0.15, 0.2) is 0 Å². The molecule has 0 saturated carbocycles. The number of hydrogen-bond donors (Lipinski definition) is 2. The maximum Gasteiger partial charge on any atom is 0.326 e. The predicted molar refractivity (Wildman–Crippen MR) is 87.6 cm³/mol. The summed E-state index contributed by atoms with van der Waals surface area (Å²) in [6, 6.07) is 0.852. The minimum atomic E-state index is -1.07. The van der Waals surface area contributed by atoms with Crippen molar-refractivity contribution in [1.82, 2.24) is 14.9 Å². The Morgan fingerprint density at radius 3 is 2.74 bits per heavy atom. The van der Waals surface area contributed by atoms with Gasteiger partial charge in [0.05, 0.1) is 11.7 Å². The van der Waals surface area contributed by atoms with Crippen molar-refractivity contribution in [2.45, 2.75) is 39.8 Å². The average Bonchev–Trinajstić information content (AvgIpc) is 2.85. The minimum Gasteiger partial charge on any atom is -0.480 e. The van der Waals surface area contributed by atoms with Gasteiger partial charge in [0.1, 0.15) is 10.9 Å². The lowest BCUT2D eigenvalue weighted by molar-refractivity contribution is -0.143. The van der Waals surface area contributed by atoms with Crippen molar-refractivity contribution < 1.29 is 14.7 Å². The number of nitrogens with one attached hydrogen (secondary N) is 1. The highest BCUT2D eigenvalue weighted by Crippen LogP contribution is 2.19. The van der Waals surface area contributed by atoms with Crippen molar-refractivity contribution >= 4 is 33.4 Å². The Labute approximate surface area is 137 Å². The Kier molecular flexibility index (Phi) is 5.15. The molecule has 124 valence electrons. The molecule has 2 aromatic rings. The highest BCUT2D eigenvalue weighted by molar-refractivity contribution is 7.18. The van der Waals surface area contributed by atoms with Gasteiger partial charge < -0.3 is 10.4 Å². The fourth-order valence-electron chi connectivity index (χ4n) is 2.22. The first kappa shape index (κ1) is 17.1. The number of nitrogens with zero attached hydrogens (tertiary/aromatic N) is 2. The fourth-order valence-corrected chi connectivity index (χ4v) is 3.06. The average molecular weight is 337 g/mol. The molecule has 0 aromatic carbocycles. The molecule has 0 spiro atoms. The second kappa shape index (κ2) is 6.91. The van der Waals surface area contributed by atoms with Crippen LogP contribution in [0.1, 0.15) is 25.1 Å². The molecule has 0 saturated heterocycles. The van der Waals surface area contributed by atoms with Crippen LogP contribution in [0.25, 0.3) is 10.2 Å². The van der Waals surface area contributed by atoms with E-state index in [1.165, 1.54) is 22.2 Å². The molecule has 23 heavy (non-hydrogen) atoms. The topological polar surface area (TPSA) is 101 Å². The third-order valence-electron chi connectivity index (χ3n) is 3.47. The van der Waals surface area contributed by atoms with Gasteiger partial charge in [-0.05, 0) is 18.9 Å². The van der Waals surface area contributed by atoms with Crippen molar-refractivity contribution in [2.24, 2.45) is 5.92 Å². The number of carbonyl (C=O) groups is 2. The summed E-state index contributed by atoms with van der Waals surface area (Å²) in [4.78, 5) is 41.2. The van der Waals surface area contributed by atoms with E-state index in [1.807, 2.05) is 6.92 Å². The number of aliphatic carboxylic acids is 1. The molecule has 0 fully saturated rings. The molecule has 0 aliphatic rings. The smallest absolute Gasteiger partial charge is 0.326 e. The molecule has 8 heteroatoms. The summed E-state index contributed by atoms with van der Waals surface area (Å²) in [5.41, 5.74) is -0.189. The lowest BCUT2D eigenvalue weighted by atomic mass is 10.0. The first-order valence-corrected chi connectivity index (χ1v) is 8.09. The standard InChI is InChI=1S/C15H19N3O4S/c1-8(2)12(15(21)22)17-11(19)4-5-18-7-16-13-10(14(18)20)6-9(3)23-13/h6-8,12H,4-5H2,1-3H3,(H,17,19)(H,21,22). The van der Waals surface area contributed by atoms with Gasteiger partial charge in [0, 0.05) is 17.8 Å². The first-order chi connectivity index (χ1) is 10.8. The molecule has 2 rings (SSSR count). The number of hydrogen-bond acceptors (Lipinski definition) is 5. The zero-order valence-corrected chi connectivity index (χ0v) is 14.0. The van der Waals surface area contributed by atoms with E-state index in [0.29, 0.717) is 10.2 Å². The van der Waals surface area contributed by atoms with Crippen LogP contribution in [0.3, 0.4) is 0 Å². The maximum absolute atomic E-state index is 12.3. The monoisotopic (exact) mass is 337 g/mol. The van der Waals surface area contributed by atoms with Crippen molar-refractivity contribution in [3.8, 4) is 0 Å². The molecule has 2 aromatic heterocycles. The molecule has 1 atom stereocenters. The number of aryl methyl sites for hydroxylation is 2. The van der Waals surface area contributed by atoms with Gasteiger partial charge in [-0.15, -0.1) is 11.3 Å². The normalized spacial score (nSPS) is 12.5. The molecule has 1 unspecified atom stereocenters. The number of carboxylic acids is 1. The fraction of sp³-hybridized carbons (Fsp3) is 0.467. The van der Waals surface area contributed by atoms with E-state index < -0.39 is 17.9 Å². The van der Waals surface area contributed by atoms with Crippen molar-refractivity contribution in [3.63, 3.8) is 0 Å². The highest BCUT2D eigenvalue weighted by atomic mass is 32.1. The molecule has 0 aliphatic heterocycles. The van der Waals surface area contributed by atoms with Crippen molar-refractivity contribution in [3.05, 3.63) is 27.6 Å². The number of amides is 1. The minimum absolute atomic E-state index is 0.0205.